The zero-order chi connectivity index (χ0) is 29.3. The number of likely N-dealkylation sites (tertiary alicyclic amines) is 1. The molecule has 0 unspecified atom stereocenters. The molecule has 6 nitrogen and oxygen atoms in total. The van der Waals surface area contributed by atoms with Gasteiger partial charge in [-0.2, -0.15) is 26.3 Å². The van der Waals surface area contributed by atoms with E-state index in [0.717, 1.165) is 0 Å². The summed E-state index contributed by atoms with van der Waals surface area (Å²) < 4.78 is 83.9. The number of alkyl halides is 6. The zero-order valence-corrected chi connectivity index (χ0v) is 22.3. The van der Waals surface area contributed by atoms with Gasteiger partial charge in [-0.1, -0.05) is 0 Å². The molecule has 0 radical (unpaired) electrons. The van der Waals surface area contributed by atoms with Crippen molar-refractivity contribution in [3.05, 3.63) is 34.9 Å². The summed E-state index contributed by atoms with van der Waals surface area (Å²) in [4.78, 5) is 40.9. The molecule has 1 aliphatic heterocycles. The highest BCUT2D eigenvalue weighted by atomic mass is 19.4. The fourth-order valence-corrected chi connectivity index (χ4v) is 4.17. The molecule has 0 atom stereocenters. The lowest BCUT2D eigenvalue weighted by Gasteiger charge is -2.41. The smallest absolute Gasteiger partial charge is 0.416 e. The molecule has 1 aromatic carbocycles. The number of hydrogen-bond donors (Lipinski definition) is 0. The van der Waals surface area contributed by atoms with Crippen molar-refractivity contribution in [2.45, 2.75) is 83.8 Å². The SMILES string of the molecule is CN(C(=O)OC(C)(C)C)C(C)(C)C(=O)N1CCC(CC(=O)Cc2cc(C(F)(F)F)cc(C(F)(F)F)c2)CC1. The van der Waals surface area contributed by atoms with Gasteiger partial charge in [0.2, 0.25) is 5.91 Å². The van der Waals surface area contributed by atoms with Gasteiger partial charge in [0, 0.05) is 33.0 Å². The van der Waals surface area contributed by atoms with Crippen molar-refractivity contribution in [3.63, 3.8) is 0 Å². The molecule has 0 aromatic heterocycles. The highest BCUT2D eigenvalue weighted by Crippen LogP contribution is 2.36. The van der Waals surface area contributed by atoms with Crippen molar-refractivity contribution >= 4 is 17.8 Å². The molecule has 1 aromatic rings. The first-order valence-electron chi connectivity index (χ1n) is 12.2. The van der Waals surface area contributed by atoms with Crippen LogP contribution in [0, 0.1) is 5.92 Å². The second-order valence-electron chi connectivity index (χ2n) is 11.2. The minimum absolute atomic E-state index is 0.0270. The maximum atomic E-state index is 13.2. The Bertz CT molecular complexity index is 1000. The van der Waals surface area contributed by atoms with Crippen molar-refractivity contribution in [2.24, 2.45) is 5.92 Å². The third kappa shape index (κ3) is 8.36. The van der Waals surface area contributed by atoms with Crippen LogP contribution in [0.2, 0.25) is 0 Å². The molecule has 1 aliphatic rings. The average molecular weight is 553 g/mol. The fourth-order valence-electron chi connectivity index (χ4n) is 4.17. The molecule has 1 fully saturated rings. The van der Waals surface area contributed by atoms with E-state index in [1.54, 1.807) is 39.5 Å². The van der Waals surface area contributed by atoms with Crippen LogP contribution in [0.5, 0.6) is 0 Å². The second kappa shape index (κ2) is 11.1. The van der Waals surface area contributed by atoms with E-state index in [2.05, 4.69) is 0 Å². The summed E-state index contributed by atoms with van der Waals surface area (Å²) in [7, 11) is 1.47. The first-order chi connectivity index (χ1) is 17.1. The summed E-state index contributed by atoms with van der Waals surface area (Å²) in [5.41, 5.74) is -5.21. The second-order valence-corrected chi connectivity index (χ2v) is 11.2. The van der Waals surface area contributed by atoms with E-state index in [4.69, 9.17) is 4.74 Å². The summed E-state index contributed by atoms with van der Waals surface area (Å²) in [6, 6.07) is 1.16. The molecular weight excluding hydrogens is 518 g/mol. The molecule has 2 amide bonds. The topological polar surface area (TPSA) is 66.9 Å². The Balaban J connectivity index is 2.00. The van der Waals surface area contributed by atoms with E-state index >= 15 is 0 Å². The summed E-state index contributed by atoms with van der Waals surface area (Å²) >= 11 is 0. The first kappa shape index (κ1) is 31.4. The van der Waals surface area contributed by atoms with Crippen LogP contribution in [0.25, 0.3) is 0 Å². The van der Waals surface area contributed by atoms with Crippen molar-refractivity contribution < 1.29 is 45.5 Å². The van der Waals surface area contributed by atoms with E-state index < -0.39 is 52.9 Å². The van der Waals surface area contributed by atoms with Crippen molar-refractivity contribution in [3.8, 4) is 0 Å². The van der Waals surface area contributed by atoms with Gasteiger partial charge < -0.3 is 9.64 Å². The average Bonchev–Trinajstić information content (AvgIpc) is 2.75. The maximum Gasteiger partial charge on any atom is 0.416 e. The quantitative estimate of drug-likeness (QED) is 0.400. The molecule has 12 heteroatoms. The van der Waals surface area contributed by atoms with Gasteiger partial charge in [0.1, 0.15) is 16.9 Å². The van der Waals surface area contributed by atoms with Crippen LogP contribution in [-0.4, -0.2) is 58.9 Å². The lowest BCUT2D eigenvalue weighted by molar-refractivity contribution is -0.144. The number of Topliss-reactive ketones (excluding diaryl/α,β-unsaturated/α-hetero) is 1. The number of likely N-dealkylation sites (N-methyl/N-ethyl adjacent to an activating group) is 1. The number of nitrogens with zero attached hydrogens (tertiary/aromatic N) is 2. The van der Waals surface area contributed by atoms with Gasteiger partial charge >= 0.3 is 18.4 Å². The van der Waals surface area contributed by atoms with Crippen LogP contribution in [-0.2, 0) is 33.1 Å². The number of rotatable bonds is 6. The summed E-state index contributed by atoms with van der Waals surface area (Å²) in [5.74, 6) is -0.961. The summed E-state index contributed by atoms with van der Waals surface area (Å²) in [5, 5.41) is 0. The Morgan fingerprint density at radius 3 is 1.79 bits per heavy atom. The van der Waals surface area contributed by atoms with Crippen LogP contribution in [0.3, 0.4) is 0 Å². The van der Waals surface area contributed by atoms with Gasteiger partial charge in [0.15, 0.2) is 0 Å². The van der Waals surface area contributed by atoms with E-state index in [-0.39, 0.29) is 29.9 Å². The van der Waals surface area contributed by atoms with Crippen LogP contribution in [0.1, 0.15) is 70.6 Å². The van der Waals surface area contributed by atoms with E-state index in [9.17, 15) is 40.7 Å². The molecule has 1 heterocycles. The number of amides is 2. The number of hydrogen-bond acceptors (Lipinski definition) is 4. The molecule has 0 bridgehead atoms. The molecule has 0 aliphatic carbocycles. The molecule has 0 saturated carbocycles. The molecule has 1 saturated heterocycles. The Hall–Kier alpha value is -2.79. The van der Waals surface area contributed by atoms with Gasteiger partial charge in [0.05, 0.1) is 11.1 Å². The van der Waals surface area contributed by atoms with Crippen molar-refractivity contribution in [1.82, 2.24) is 9.80 Å². The Labute approximate surface area is 218 Å². The minimum atomic E-state index is -4.98. The van der Waals surface area contributed by atoms with Gasteiger partial charge in [-0.05, 0) is 77.1 Å². The van der Waals surface area contributed by atoms with Gasteiger partial charge in [-0.15, -0.1) is 0 Å². The molecular formula is C26H34F6N2O4. The largest absolute Gasteiger partial charge is 0.444 e. The number of benzene rings is 1. The van der Waals surface area contributed by atoms with E-state index in [1.165, 1.54) is 11.9 Å². The van der Waals surface area contributed by atoms with Gasteiger partial charge in [-0.3, -0.25) is 14.5 Å². The number of ketones is 1. The van der Waals surface area contributed by atoms with Crippen LogP contribution >= 0.6 is 0 Å². The highest BCUT2D eigenvalue weighted by Gasteiger charge is 2.41. The first-order valence-corrected chi connectivity index (χ1v) is 12.2. The number of halogens is 6. The van der Waals surface area contributed by atoms with Crippen molar-refractivity contribution in [1.29, 1.82) is 0 Å². The lowest BCUT2D eigenvalue weighted by Crippen LogP contribution is -2.58. The molecule has 2 rings (SSSR count). The summed E-state index contributed by atoms with van der Waals surface area (Å²) in [6.07, 6.45) is -10.3. The zero-order valence-electron chi connectivity index (χ0n) is 22.3. The Morgan fingerprint density at radius 1 is 0.895 bits per heavy atom. The summed E-state index contributed by atoms with van der Waals surface area (Å²) in [6.45, 7) is 8.91. The van der Waals surface area contributed by atoms with Crippen molar-refractivity contribution in [2.75, 3.05) is 20.1 Å². The van der Waals surface area contributed by atoms with Crippen LogP contribution in [0.15, 0.2) is 18.2 Å². The number of piperidine rings is 1. The Morgan fingerprint density at radius 2 is 1.37 bits per heavy atom. The normalized spacial score (nSPS) is 15.8. The predicted octanol–water partition coefficient (Wildman–Crippen LogP) is 6.11. The maximum absolute atomic E-state index is 13.2. The number of carbonyl (C=O) groups excluding carboxylic acids is 3. The monoisotopic (exact) mass is 552 g/mol. The third-order valence-corrected chi connectivity index (χ3v) is 6.50. The third-order valence-electron chi connectivity index (χ3n) is 6.50. The van der Waals surface area contributed by atoms with E-state index in [0.29, 0.717) is 38.1 Å². The highest BCUT2D eigenvalue weighted by molar-refractivity contribution is 5.89. The lowest BCUT2D eigenvalue weighted by atomic mass is 9.88. The molecule has 214 valence electrons. The van der Waals surface area contributed by atoms with Gasteiger partial charge in [-0.25, -0.2) is 4.79 Å². The van der Waals surface area contributed by atoms with Crippen LogP contribution in [0.4, 0.5) is 31.1 Å². The molecule has 0 N–H and O–H groups in total. The van der Waals surface area contributed by atoms with E-state index in [1.807, 2.05) is 0 Å². The molecule has 38 heavy (non-hydrogen) atoms. The number of ether oxygens (including phenoxy) is 1. The van der Waals surface area contributed by atoms with Gasteiger partial charge in [0.25, 0.3) is 0 Å². The fraction of sp³-hybridized carbons (Fsp3) is 0.654. The standard InChI is InChI=1S/C26H34F6N2O4/c1-23(2,3)38-22(37)33(6)24(4,5)21(36)34-9-7-16(8-10-34)13-20(35)14-17-11-18(25(27,28)29)15-19(12-17)26(30,31)32/h11-12,15-16H,7-10,13-14H2,1-6H3. The molecule has 0 spiro atoms. The minimum Gasteiger partial charge on any atom is -0.444 e. The predicted molar refractivity (Wildman–Crippen MR) is 127 cm³/mol. The number of carbonyl (C=O) groups is 3. The Kier molecular flexibility index (Phi) is 9.21. The van der Waals surface area contributed by atoms with Crippen LogP contribution < -0.4 is 0 Å².